The van der Waals surface area contributed by atoms with Crippen molar-refractivity contribution in [3.8, 4) is 5.75 Å². The molecule has 5 nitrogen and oxygen atoms in total. The van der Waals surface area contributed by atoms with Gasteiger partial charge in [0.25, 0.3) is 0 Å². The molecule has 0 amide bonds. The minimum absolute atomic E-state index is 0.0991. The Hall–Kier alpha value is -2.11. The zero-order valence-electron chi connectivity index (χ0n) is 10.3. The molecule has 0 saturated heterocycles. The quantitative estimate of drug-likeness (QED) is 0.615. The number of nitrogens with two attached hydrogens (primary N) is 1. The lowest BCUT2D eigenvalue weighted by Crippen LogP contribution is -2.31. The van der Waals surface area contributed by atoms with Crippen LogP contribution >= 0.6 is 0 Å². The van der Waals surface area contributed by atoms with E-state index in [2.05, 4.69) is 5.10 Å². The zero-order chi connectivity index (χ0) is 13.3. The van der Waals surface area contributed by atoms with Gasteiger partial charge in [-0.2, -0.15) is 5.10 Å². The van der Waals surface area contributed by atoms with Gasteiger partial charge < -0.3 is 10.5 Å². The van der Waals surface area contributed by atoms with Crippen LogP contribution in [0.2, 0.25) is 0 Å². The van der Waals surface area contributed by atoms with Crippen LogP contribution in [0.15, 0.2) is 23.3 Å². The molecule has 18 heavy (non-hydrogen) atoms. The summed E-state index contributed by atoms with van der Waals surface area (Å²) in [5, 5.41) is 13.1. The maximum atomic E-state index is 13.1. The highest BCUT2D eigenvalue weighted by Gasteiger charge is 2.27. The molecule has 0 saturated carbocycles. The van der Waals surface area contributed by atoms with E-state index in [1.165, 1.54) is 24.3 Å². The van der Waals surface area contributed by atoms with Gasteiger partial charge in [-0.05, 0) is 12.1 Å². The minimum atomic E-state index is -0.356. The van der Waals surface area contributed by atoms with Crippen LogP contribution in [-0.4, -0.2) is 30.3 Å². The molecule has 1 unspecified atom stereocenters. The SMILES string of the molecule is COc1cc(F)ccc1C1=NN(C(=N)N)CC1C. The van der Waals surface area contributed by atoms with Crippen molar-refractivity contribution in [3.05, 3.63) is 29.6 Å². The van der Waals surface area contributed by atoms with E-state index in [-0.39, 0.29) is 17.7 Å². The first kappa shape index (κ1) is 12.3. The number of methoxy groups -OCH3 is 1. The molecule has 96 valence electrons. The minimum Gasteiger partial charge on any atom is -0.496 e. The van der Waals surface area contributed by atoms with E-state index in [1.54, 1.807) is 6.07 Å². The Morgan fingerprint density at radius 1 is 1.61 bits per heavy atom. The van der Waals surface area contributed by atoms with E-state index < -0.39 is 0 Å². The highest BCUT2D eigenvalue weighted by Crippen LogP contribution is 2.26. The molecular weight excluding hydrogens is 235 g/mol. The second kappa shape index (κ2) is 4.64. The number of benzene rings is 1. The van der Waals surface area contributed by atoms with Crippen LogP contribution in [0.4, 0.5) is 4.39 Å². The van der Waals surface area contributed by atoms with Crippen molar-refractivity contribution in [2.45, 2.75) is 6.92 Å². The molecule has 1 aliphatic rings. The molecule has 3 N–H and O–H groups in total. The Kier molecular flexibility index (Phi) is 3.18. The molecule has 6 heteroatoms. The summed E-state index contributed by atoms with van der Waals surface area (Å²) in [6.07, 6.45) is 0. The summed E-state index contributed by atoms with van der Waals surface area (Å²) in [4.78, 5) is 0. The van der Waals surface area contributed by atoms with E-state index in [4.69, 9.17) is 15.9 Å². The van der Waals surface area contributed by atoms with Crippen LogP contribution in [0.3, 0.4) is 0 Å². The molecule has 0 aliphatic carbocycles. The number of rotatable bonds is 2. The molecular formula is C12H15FN4O. The summed E-state index contributed by atoms with van der Waals surface area (Å²) in [6.45, 7) is 2.52. The van der Waals surface area contributed by atoms with Crippen LogP contribution in [0.1, 0.15) is 12.5 Å². The summed E-state index contributed by atoms with van der Waals surface area (Å²) in [5.74, 6) is 0.0856. The summed E-state index contributed by atoms with van der Waals surface area (Å²) in [6, 6.07) is 4.32. The average Bonchev–Trinajstić information content (AvgIpc) is 2.71. The molecule has 0 aromatic heterocycles. The standard InChI is InChI=1S/C12H15FN4O/c1-7-6-17(12(14)15)16-11(7)9-4-3-8(13)5-10(9)18-2/h3-5,7H,6H2,1-2H3,(H3,14,15). The molecule has 2 rings (SSSR count). The van der Waals surface area contributed by atoms with Gasteiger partial charge in [0.15, 0.2) is 0 Å². The van der Waals surface area contributed by atoms with Gasteiger partial charge in [0, 0.05) is 17.5 Å². The molecule has 1 aromatic rings. The van der Waals surface area contributed by atoms with E-state index in [1.807, 2.05) is 6.92 Å². The van der Waals surface area contributed by atoms with E-state index in [9.17, 15) is 4.39 Å². The van der Waals surface area contributed by atoms with Gasteiger partial charge in [0.05, 0.1) is 19.4 Å². The summed E-state index contributed by atoms with van der Waals surface area (Å²) in [7, 11) is 1.49. The lowest BCUT2D eigenvalue weighted by atomic mass is 9.98. The van der Waals surface area contributed by atoms with Crippen molar-refractivity contribution in [3.63, 3.8) is 0 Å². The van der Waals surface area contributed by atoms with Gasteiger partial charge >= 0.3 is 0 Å². The molecule has 1 heterocycles. The summed E-state index contributed by atoms with van der Waals surface area (Å²) >= 11 is 0. The molecule has 1 aliphatic heterocycles. The number of ether oxygens (including phenoxy) is 1. The van der Waals surface area contributed by atoms with Gasteiger partial charge in [-0.15, -0.1) is 0 Å². The van der Waals surface area contributed by atoms with Crippen molar-refractivity contribution in [1.29, 1.82) is 5.41 Å². The number of nitrogens with one attached hydrogen (secondary N) is 1. The fraction of sp³-hybridized carbons (Fsp3) is 0.333. The third-order valence-electron chi connectivity index (χ3n) is 2.86. The number of nitrogens with zero attached hydrogens (tertiary/aromatic N) is 2. The normalized spacial score (nSPS) is 18.7. The lowest BCUT2D eigenvalue weighted by molar-refractivity contribution is 0.410. The average molecular weight is 250 g/mol. The first-order valence-corrected chi connectivity index (χ1v) is 5.57. The van der Waals surface area contributed by atoms with Gasteiger partial charge in [0.2, 0.25) is 5.96 Å². The van der Waals surface area contributed by atoms with Crippen molar-refractivity contribution in [1.82, 2.24) is 5.01 Å². The summed E-state index contributed by atoms with van der Waals surface area (Å²) < 4.78 is 18.3. The van der Waals surface area contributed by atoms with Crippen LogP contribution < -0.4 is 10.5 Å². The van der Waals surface area contributed by atoms with E-state index >= 15 is 0 Å². The Morgan fingerprint density at radius 3 is 2.89 bits per heavy atom. The summed E-state index contributed by atoms with van der Waals surface area (Å²) in [5.41, 5.74) is 6.89. The monoisotopic (exact) mass is 250 g/mol. The fourth-order valence-corrected chi connectivity index (χ4v) is 1.96. The maximum absolute atomic E-state index is 13.1. The van der Waals surface area contributed by atoms with Gasteiger partial charge in [-0.3, -0.25) is 5.41 Å². The van der Waals surface area contributed by atoms with Crippen LogP contribution in [0.25, 0.3) is 0 Å². The molecule has 0 spiro atoms. The van der Waals surface area contributed by atoms with Crippen molar-refractivity contribution in [2.75, 3.05) is 13.7 Å². The Labute approximate surface area is 105 Å². The third kappa shape index (κ3) is 2.13. The largest absolute Gasteiger partial charge is 0.496 e. The third-order valence-corrected chi connectivity index (χ3v) is 2.86. The van der Waals surface area contributed by atoms with Gasteiger partial charge in [0.1, 0.15) is 11.6 Å². The fourth-order valence-electron chi connectivity index (χ4n) is 1.96. The Morgan fingerprint density at radius 2 is 2.33 bits per heavy atom. The highest BCUT2D eigenvalue weighted by molar-refractivity contribution is 6.06. The molecule has 1 aromatic carbocycles. The number of halogens is 1. The Bertz CT molecular complexity index is 515. The van der Waals surface area contributed by atoms with Gasteiger partial charge in [-0.1, -0.05) is 6.92 Å². The first-order chi connectivity index (χ1) is 8.52. The maximum Gasteiger partial charge on any atom is 0.209 e. The van der Waals surface area contributed by atoms with Gasteiger partial charge in [-0.25, -0.2) is 9.40 Å². The number of hydrazone groups is 1. The lowest BCUT2D eigenvalue weighted by Gasteiger charge is -2.10. The van der Waals surface area contributed by atoms with Crippen LogP contribution in [-0.2, 0) is 0 Å². The smallest absolute Gasteiger partial charge is 0.209 e. The number of guanidine groups is 1. The Balaban J connectivity index is 2.42. The van der Waals surface area contributed by atoms with E-state index in [0.29, 0.717) is 12.3 Å². The predicted molar refractivity (Wildman–Crippen MR) is 67.3 cm³/mol. The predicted octanol–water partition coefficient (Wildman–Crippen LogP) is 1.38. The second-order valence-corrected chi connectivity index (χ2v) is 4.20. The van der Waals surface area contributed by atoms with Crippen molar-refractivity contribution in [2.24, 2.45) is 16.8 Å². The topological polar surface area (TPSA) is 74.7 Å². The molecule has 0 radical (unpaired) electrons. The van der Waals surface area contributed by atoms with Crippen LogP contribution in [0, 0.1) is 17.1 Å². The van der Waals surface area contributed by atoms with Crippen LogP contribution in [0.5, 0.6) is 5.75 Å². The van der Waals surface area contributed by atoms with Crippen molar-refractivity contribution >= 4 is 11.7 Å². The number of hydrogen-bond donors (Lipinski definition) is 2. The molecule has 1 atom stereocenters. The van der Waals surface area contributed by atoms with E-state index in [0.717, 1.165) is 11.3 Å². The molecule has 0 bridgehead atoms. The molecule has 0 fully saturated rings. The van der Waals surface area contributed by atoms with Crippen molar-refractivity contribution < 1.29 is 9.13 Å². The highest BCUT2D eigenvalue weighted by atomic mass is 19.1. The first-order valence-electron chi connectivity index (χ1n) is 5.57. The number of hydrogen-bond acceptors (Lipinski definition) is 3. The zero-order valence-corrected chi connectivity index (χ0v) is 10.3. The second-order valence-electron chi connectivity index (χ2n) is 4.20.